The molecule has 1 heterocycles. The first-order valence-electron chi connectivity index (χ1n) is 8.72. The summed E-state index contributed by atoms with van der Waals surface area (Å²) in [6.45, 7) is 0. The number of nitrogens with two attached hydrogens (primary N) is 1. The molecule has 0 aromatic heterocycles. The van der Waals surface area contributed by atoms with Gasteiger partial charge in [-0.15, -0.1) is 0 Å². The molecular weight excluding hydrogens is 419 g/mol. The predicted octanol–water partition coefficient (Wildman–Crippen LogP) is 0.0155. The van der Waals surface area contributed by atoms with Gasteiger partial charge in [0.25, 0.3) is 0 Å². The second-order valence-corrected chi connectivity index (χ2v) is 8.38. The van der Waals surface area contributed by atoms with Crippen molar-refractivity contribution in [1.82, 2.24) is 0 Å². The van der Waals surface area contributed by atoms with Crippen LogP contribution in [0.2, 0.25) is 0 Å². The van der Waals surface area contributed by atoms with Crippen LogP contribution in [0, 0.1) is 0 Å². The van der Waals surface area contributed by atoms with Crippen LogP contribution in [-0.4, -0.2) is 50.8 Å². The summed E-state index contributed by atoms with van der Waals surface area (Å²) in [7, 11) is 14.0. The highest BCUT2D eigenvalue weighted by molar-refractivity contribution is 7.90. The van der Waals surface area contributed by atoms with Gasteiger partial charge in [-0.1, -0.05) is 42.5 Å². The molecule has 0 saturated carbocycles. The van der Waals surface area contributed by atoms with Gasteiger partial charge in [0.2, 0.25) is 17.4 Å². The van der Waals surface area contributed by atoms with Gasteiger partial charge in [-0.25, -0.2) is 4.79 Å². The van der Waals surface area contributed by atoms with E-state index in [1.54, 1.807) is 6.07 Å². The first-order chi connectivity index (χ1) is 14.4. The van der Waals surface area contributed by atoms with Crippen LogP contribution < -0.4 is 5.73 Å². The molecule has 8 nitrogen and oxygen atoms in total. The molecule has 2 N–H and O–H groups in total. The van der Waals surface area contributed by atoms with Gasteiger partial charge < -0.3 is 19.4 Å². The third kappa shape index (κ3) is 3.83. The SMILES string of the molecule is [B]C([B])(c1ccccc1)S(=O)(=O)OC1=C(N)O[C@@]([B])(c2ccc(C(=O)OC)cc2)C1=O. The number of ether oxygens (including phenoxy) is 2. The van der Waals surface area contributed by atoms with Crippen molar-refractivity contribution in [2.45, 2.75) is 10.0 Å². The maximum atomic E-state index is 12.9. The molecule has 1 aliphatic rings. The lowest BCUT2D eigenvalue weighted by molar-refractivity contribution is -0.126. The van der Waals surface area contributed by atoms with E-state index in [4.69, 9.17) is 38.2 Å². The van der Waals surface area contributed by atoms with E-state index < -0.39 is 43.6 Å². The number of benzene rings is 2. The van der Waals surface area contributed by atoms with Gasteiger partial charge in [0, 0.05) is 0 Å². The highest BCUT2D eigenvalue weighted by Crippen LogP contribution is 2.38. The molecule has 2 aromatic rings. The van der Waals surface area contributed by atoms with Crippen LogP contribution in [0.15, 0.2) is 66.2 Å². The van der Waals surface area contributed by atoms with E-state index in [0.717, 1.165) is 0 Å². The maximum absolute atomic E-state index is 12.9. The summed E-state index contributed by atoms with van der Waals surface area (Å²) in [6, 6.07) is 12.8. The molecule has 12 heteroatoms. The van der Waals surface area contributed by atoms with Crippen molar-refractivity contribution in [2.24, 2.45) is 5.73 Å². The van der Waals surface area contributed by atoms with Gasteiger partial charge in [0.05, 0.1) is 32.9 Å². The standard InChI is InChI=1S/C19H14B3NO7S/c1-28-17(25)11-7-9-12(10-8-11)18(20)15(24)14(16(23)29-18)30-31(26,27)19(21,22)13-5-3-2-4-6-13/h2-10H,23H2,1H3/t18-/m0/s1. The molecule has 6 radical (unpaired) electrons. The summed E-state index contributed by atoms with van der Waals surface area (Å²) < 4.78 is 37.7. The summed E-state index contributed by atoms with van der Waals surface area (Å²) in [5.41, 5.74) is 3.78. The molecule has 0 saturated heterocycles. The Morgan fingerprint density at radius 2 is 1.68 bits per heavy atom. The molecule has 0 aliphatic carbocycles. The molecule has 0 bridgehead atoms. The van der Waals surface area contributed by atoms with E-state index in [2.05, 4.69) is 4.74 Å². The maximum Gasteiger partial charge on any atom is 0.337 e. The van der Waals surface area contributed by atoms with Crippen molar-refractivity contribution < 1.29 is 31.7 Å². The molecule has 31 heavy (non-hydrogen) atoms. The highest BCUT2D eigenvalue weighted by atomic mass is 32.2. The molecule has 0 spiro atoms. The van der Waals surface area contributed by atoms with Crippen molar-refractivity contribution in [3.8, 4) is 0 Å². The quantitative estimate of drug-likeness (QED) is 0.385. The van der Waals surface area contributed by atoms with Crippen LogP contribution in [0.1, 0.15) is 21.5 Å². The van der Waals surface area contributed by atoms with Gasteiger partial charge in [-0.3, -0.25) is 4.79 Å². The minimum absolute atomic E-state index is 0.0120. The zero-order valence-electron chi connectivity index (χ0n) is 16.3. The second kappa shape index (κ2) is 7.84. The highest BCUT2D eigenvalue weighted by Gasteiger charge is 2.50. The average Bonchev–Trinajstić information content (AvgIpc) is 2.97. The lowest BCUT2D eigenvalue weighted by Gasteiger charge is -2.26. The number of carbonyl (C=O) groups is 2. The summed E-state index contributed by atoms with van der Waals surface area (Å²) in [5, 5.41) is 0. The minimum Gasteiger partial charge on any atom is -0.467 e. The molecule has 0 amide bonds. The molecular formula is C19H14B3NO7S. The van der Waals surface area contributed by atoms with Crippen LogP contribution in [0.25, 0.3) is 0 Å². The van der Waals surface area contributed by atoms with Crippen LogP contribution in [-0.2, 0) is 38.6 Å². The Hall–Kier alpha value is -3.14. The molecule has 2 aromatic carbocycles. The Balaban J connectivity index is 1.90. The first-order valence-corrected chi connectivity index (χ1v) is 10.1. The number of hydrogen-bond acceptors (Lipinski definition) is 8. The topological polar surface area (TPSA) is 122 Å². The van der Waals surface area contributed by atoms with Crippen LogP contribution in [0.5, 0.6) is 0 Å². The number of esters is 1. The van der Waals surface area contributed by atoms with Crippen molar-refractivity contribution in [3.63, 3.8) is 0 Å². The van der Waals surface area contributed by atoms with Crippen LogP contribution in [0.4, 0.5) is 0 Å². The Kier molecular flexibility index (Phi) is 5.71. The number of Topliss-reactive ketones (excluding diaryl/α,β-unsaturated/α-hetero) is 1. The summed E-state index contributed by atoms with van der Waals surface area (Å²) in [5.74, 6) is -3.22. The average molecular weight is 433 g/mol. The van der Waals surface area contributed by atoms with E-state index in [1.807, 2.05) is 0 Å². The van der Waals surface area contributed by atoms with Gasteiger partial charge in [0.15, 0.2) is 5.50 Å². The first kappa shape index (κ1) is 22.5. The summed E-state index contributed by atoms with van der Waals surface area (Å²) in [4.78, 5) is 24.5. The Morgan fingerprint density at radius 1 is 1.10 bits per heavy atom. The molecule has 1 aliphatic heterocycles. The Bertz CT molecular complexity index is 1160. The fourth-order valence-corrected chi connectivity index (χ4v) is 3.75. The van der Waals surface area contributed by atoms with E-state index in [9.17, 15) is 18.0 Å². The minimum atomic E-state index is -4.82. The van der Waals surface area contributed by atoms with E-state index in [-0.39, 0.29) is 16.7 Å². The fraction of sp³-hybridized carbons (Fsp3) is 0.158. The van der Waals surface area contributed by atoms with Crippen molar-refractivity contribution in [1.29, 1.82) is 0 Å². The van der Waals surface area contributed by atoms with E-state index >= 15 is 0 Å². The normalized spacial score (nSPS) is 19.1. The van der Waals surface area contributed by atoms with Crippen molar-refractivity contribution in [3.05, 3.63) is 82.9 Å². The third-order valence-corrected chi connectivity index (χ3v) is 6.05. The van der Waals surface area contributed by atoms with E-state index in [1.165, 1.54) is 55.6 Å². The number of methoxy groups -OCH3 is 1. The summed E-state index contributed by atoms with van der Waals surface area (Å²) >= 11 is 0. The fourth-order valence-electron chi connectivity index (χ4n) is 2.81. The molecule has 1 atom stereocenters. The molecule has 3 rings (SSSR count). The number of carbonyl (C=O) groups excluding carboxylic acids is 2. The van der Waals surface area contributed by atoms with Gasteiger partial charge in [-0.2, -0.15) is 8.42 Å². The molecule has 0 fully saturated rings. The smallest absolute Gasteiger partial charge is 0.337 e. The van der Waals surface area contributed by atoms with Crippen molar-refractivity contribution in [2.75, 3.05) is 7.11 Å². The Labute approximate surface area is 183 Å². The second-order valence-electron chi connectivity index (χ2n) is 6.63. The van der Waals surface area contributed by atoms with Crippen LogP contribution in [0.3, 0.4) is 0 Å². The molecule has 0 unspecified atom stereocenters. The van der Waals surface area contributed by atoms with Gasteiger partial charge in [0.1, 0.15) is 7.85 Å². The van der Waals surface area contributed by atoms with Gasteiger partial charge in [-0.05, 0) is 23.3 Å². The zero-order valence-corrected chi connectivity index (χ0v) is 17.1. The zero-order chi connectivity index (χ0) is 23.0. The van der Waals surface area contributed by atoms with Gasteiger partial charge >= 0.3 is 16.1 Å². The summed E-state index contributed by atoms with van der Waals surface area (Å²) in [6.07, 6.45) is 0. The monoisotopic (exact) mass is 433 g/mol. The number of hydrogen-bond donors (Lipinski definition) is 1. The Morgan fingerprint density at radius 3 is 2.23 bits per heavy atom. The van der Waals surface area contributed by atoms with Crippen molar-refractivity contribution >= 4 is 45.4 Å². The lowest BCUT2D eigenvalue weighted by atomic mass is 9.65. The lowest BCUT2D eigenvalue weighted by Crippen LogP contribution is -2.40. The third-order valence-electron chi connectivity index (χ3n) is 4.60. The largest absolute Gasteiger partial charge is 0.467 e. The van der Waals surface area contributed by atoms with E-state index in [0.29, 0.717) is 0 Å². The molecule has 152 valence electrons. The predicted molar refractivity (Wildman–Crippen MR) is 112 cm³/mol. The number of rotatable bonds is 6. The van der Waals surface area contributed by atoms with Crippen LogP contribution >= 0.6 is 0 Å². The number of ketones is 1.